The first-order chi connectivity index (χ1) is 14.0. The molecular formula is C19H22ClN3O6S. The standard InChI is InChI=1S/C19H22ClN3O6S/c1-11(29-19(25)14-9-15(20)16(21)10-17(14)28-4)18(24)22-12-6-5-7-13(8-12)30(26,27)23(2)3/h5-11H,21H2,1-4H3,(H,22,24)/t11-/m1/s1. The van der Waals surface area contributed by atoms with Crippen LogP contribution in [-0.4, -0.2) is 51.9 Å². The summed E-state index contributed by atoms with van der Waals surface area (Å²) in [5, 5.41) is 2.66. The number of hydrogen-bond acceptors (Lipinski definition) is 7. The van der Waals surface area contributed by atoms with Crippen molar-refractivity contribution in [3.8, 4) is 5.75 Å². The van der Waals surface area contributed by atoms with Crippen LogP contribution in [-0.2, 0) is 19.6 Å². The predicted octanol–water partition coefficient (Wildman–Crippen LogP) is 2.37. The third-order valence-electron chi connectivity index (χ3n) is 4.07. The molecule has 30 heavy (non-hydrogen) atoms. The Morgan fingerprint density at radius 2 is 1.87 bits per heavy atom. The molecule has 0 saturated heterocycles. The van der Waals surface area contributed by atoms with Gasteiger partial charge in [-0.25, -0.2) is 17.5 Å². The third-order valence-corrected chi connectivity index (χ3v) is 6.21. The van der Waals surface area contributed by atoms with Crippen molar-refractivity contribution in [2.75, 3.05) is 32.3 Å². The van der Waals surface area contributed by atoms with Crippen LogP contribution in [0.3, 0.4) is 0 Å². The van der Waals surface area contributed by atoms with E-state index in [1.807, 2.05) is 0 Å². The summed E-state index contributed by atoms with van der Waals surface area (Å²) in [6.45, 7) is 1.37. The number of nitrogens with one attached hydrogen (secondary N) is 1. The summed E-state index contributed by atoms with van der Waals surface area (Å²) < 4.78 is 35.8. The van der Waals surface area contributed by atoms with Crippen LogP contribution in [0.25, 0.3) is 0 Å². The first kappa shape index (κ1) is 23.5. The maximum absolute atomic E-state index is 12.4. The fraction of sp³-hybridized carbons (Fsp3) is 0.263. The molecule has 0 radical (unpaired) electrons. The SMILES string of the molecule is COc1cc(N)c(Cl)cc1C(=O)O[C@H](C)C(=O)Nc1cccc(S(=O)(=O)N(C)C)c1. The maximum Gasteiger partial charge on any atom is 0.342 e. The molecule has 0 aliphatic carbocycles. The molecule has 9 nitrogen and oxygen atoms in total. The molecule has 1 atom stereocenters. The average Bonchev–Trinajstić information content (AvgIpc) is 2.69. The summed E-state index contributed by atoms with van der Waals surface area (Å²) >= 11 is 5.95. The van der Waals surface area contributed by atoms with Gasteiger partial charge in [0.05, 0.1) is 22.7 Å². The molecule has 2 aromatic carbocycles. The van der Waals surface area contributed by atoms with Crippen molar-refractivity contribution in [2.24, 2.45) is 0 Å². The van der Waals surface area contributed by atoms with Crippen LogP contribution in [0, 0.1) is 0 Å². The molecule has 0 aliphatic rings. The molecule has 2 rings (SSSR count). The van der Waals surface area contributed by atoms with Gasteiger partial charge in [0, 0.05) is 25.8 Å². The minimum Gasteiger partial charge on any atom is -0.496 e. The molecule has 2 aromatic rings. The summed E-state index contributed by atoms with van der Waals surface area (Å²) in [7, 11) is 0.491. The Morgan fingerprint density at radius 1 is 1.20 bits per heavy atom. The Bertz CT molecular complexity index is 1070. The summed E-state index contributed by atoms with van der Waals surface area (Å²) in [6, 6.07) is 8.39. The third kappa shape index (κ3) is 5.21. The van der Waals surface area contributed by atoms with Gasteiger partial charge < -0.3 is 20.5 Å². The van der Waals surface area contributed by atoms with Gasteiger partial charge in [-0.3, -0.25) is 4.79 Å². The Kier molecular flexibility index (Phi) is 7.30. The molecule has 3 N–H and O–H groups in total. The first-order valence-electron chi connectivity index (χ1n) is 8.64. The summed E-state index contributed by atoms with van der Waals surface area (Å²) in [5.41, 5.74) is 6.16. The number of benzene rings is 2. The van der Waals surface area contributed by atoms with Gasteiger partial charge in [0.2, 0.25) is 10.0 Å². The molecule has 0 bridgehead atoms. The fourth-order valence-electron chi connectivity index (χ4n) is 2.36. The molecule has 0 aromatic heterocycles. The molecule has 1 amide bonds. The van der Waals surface area contributed by atoms with Crippen LogP contribution in [0.15, 0.2) is 41.3 Å². The zero-order chi connectivity index (χ0) is 22.6. The van der Waals surface area contributed by atoms with Crippen LogP contribution >= 0.6 is 11.6 Å². The highest BCUT2D eigenvalue weighted by Gasteiger charge is 2.23. The van der Waals surface area contributed by atoms with Crippen molar-refractivity contribution in [2.45, 2.75) is 17.9 Å². The Morgan fingerprint density at radius 3 is 2.47 bits per heavy atom. The maximum atomic E-state index is 12.4. The molecule has 0 saturated carbocycles. The van der Waals surface area contributed by atoms with Crippen molar-refractivity contribution in [3.63, 3.8) is 0 Å². The smallest absolute Gasteiger partial charge is 0.342 e. The molecule has 11 heteroatoms. The van der Waals surface area contributed by atoms with Crippen LogP contribution in [0.4, 0.5) is 11.4 Å². The number of carbonyl (C=O) groups is 2. The number of sulfonamides is 1. The Balaban J connectivity index is 2.14. The van der Waals surface area contributed by atoms with Crippen molar-refractivity contribution in [1.82, 2.24) is 4.31 Å². The molecule has 162 valence electrons. The van der Waals surface area contributed by atoms with E-state index in [-0.39, 0.29) is 32.6 Å². The minimum absolute atomic E-state index is 0.00965. The van der Waals surface area contributed by atoms with Crippen molar-refractivity contribution in [3.05, 3.63) is 47.0 Å². The van der Waals surface area contributed by atoms with Gasteiger partial charge in [-0.2, -0.15) is 0 Å². The van der Waals surface area contributed by atoms with Crippen molar-refractivity contribution >= 4 is 44.9 Å². The number of ether oxygens (including phenoxy) is 2. The highest BCUT2D eigenvalue weighted by molar-refractivity contribution is 7.89. The Labute approximate surface area is 179 Å². The van der Waals surface area contributed by atoms with Gasteiger partial charge in [-0.1, -0.05) is 17.7 Å². The van der Waals surface area contributed by atoms with Gasteiger partial charge in [0.1, 0.15) is 11.3 Å². The number of rotatable bonds is 7. The normalized spacial score (nSPS) is 12.3. The van der Waals surface area contributed by atoms with Crippen LogP contribution in [0.5, 0.6) is 5.75 Å². The molecule has 0 spiro atoms. The number of esters is 1. The van der Waals surface area contributed by atoms with E-state index in [1.165, 1.54) is 64.5 Å². The van der Waals surface area contributed by atoms with Crippen LogP contribution in [0.1, 0.15) is 17.3 Å². The average molecular weight is 456 g/mol. The minimum atomic E-state index is -3.67. The predicted molar refractivity (Wildman–Crippen MR) is 113 cm³/mol. The summed E-state index contributed by atoms with van der Waals surface area (Å²) in [6.07, 6.45) is -1.19. The highest BCUT2D eigenvalue weighted by atomic mass is 35.5. The molecule has 0 unspecified atom stereocenters. The Hall–Kier alpha value is -2.82. The van der Waals surface area contributed by atoms with E-state index in [0.29, 0.717) is 0 Å². The van der Waals surface area contributed by atoms with Gasteiger partial charge in [-0.05, 0) is 31.2 Å². The lowest BCUT2D eigenvalue weighted by Gasteiger charge is -2.16. The number of methoxy groups -OCH3 is 1. The quantitative estimate of drug-likeness (QED) is 0.484. The van der Waals surface area contributed by atoms with Crippen LogP contribution < -0.4 is 15.8 Å². The molecule has 0 fully saturated rings. The number of hydrogen-bond donors (Lipinski definition) is 2. The number of halogens is 1. The second-order valence-corrected chi connectivity index (χ2v) is 8.99. The van der Waals surface area contributed by atoms with E-state index >= 15 is 0 Å². The summed E-state index contributed by atoms with van der Waals surface area (Å²) in [5.74, 6) is -1.33. The largest absolute Gasteiger partial charge is 0.496 e. The number of amides is 1. The van der Waals surface area contributed by atoms with Gasteiger partial charge in [0.25, 0.3) is 5.91 Å². The lowest BCUT2D eigenvalue weighted by molar-refractivity contribution is -0.123. The second-order valence-electron chi connectivity index (χ2n) is 6.43. The topological polar surface area (TPSA) is 128 Å². The van der Waals surface area contributed by atoms with E-state index < -0.39 is 28.0 Å². The molecular weight excluding hydrogens is 434 g/mol. The lowest BCUT2D eigenvalue weighted by Crippen LogP contribution is -2.30. The van der Waals surface area contributed by atoms with E-state index in [1.54, 1.807) is 0 Å². The van der Waals surface area contributed by atoms with Crippen molar-refractivity contribution in [1.29, 1.82) is 0 Å². The number of nitrogens with two attached hydrogens (primary N) is 1. The number of nitrogens with zero attached hydrogens (tertiary/aromatic N) is 1. The van der Waals surface area contributed by atoms with Gasteiger partial charge >= 0.3 is 5.97 Å². The number of anilines is 2. The second kappa shape index (κ2) is 9.33. The molecule has 0 aliphatic heterocycles. The van der Waals surface area contributed by atoms with E-state index in [2.05, 4.69) is 5.32 Å². The lowest BCUT2D eigenvalue weighted by atomic mass is 10.2. The van der Waals surface area contributed by atoms with Gasteiger partial charge in [-0.15, -0.1) is 0 Å². The zero-order valence-corrected chi connectivity index (χ0v) is 18.4. The summed E-state index contributed by atoms with van der Waals surface area (Å²) in [4.78, 5) is 24.9. The first-order valence-corrected chi connectivity index (χ1v) is 10.5. The van der Waals surface area contributed by atoms with Gasteiger partial charge in [0.15, 0.2) is 6.10 Å². The van der Waals surface area contributed by atoms with E-state index in [9.17, 15) is 18.0 Å². The molecule has 0 heterocycles. The van der Waals surface area contributed by atoms with Crippen molar-refractivity contribution < 1.29 is 27.5 Å². The van der Waals surface area contributed by atoms with Crippen LogP contribution in [0.2, 0.25) is 5.02 Å². The van der Waals surface area contributed by atoms with E-state index in [4.69, 9.17) is 26.8 Å². The number of carbonyl (C=O) groups excluding carboxylic acids is 2. The van der Waals surface area contributed by atoms with E-state index in [0.717, 1.165) is 4.31 Å². The highest BCUT2D eigenvalue weighted by Crippen LogP contribution is 2.29. The zero-order valence-electron chi connectivity index (χ0n) is 16.8. The fourth-order valence-corrected chi connectivity index (χ4v) is 3.48. The number of nitrogen functional groups attached to an aromatic ring is 1. The monoisotopic (exact) mass is 455 g/mol.